The Bertz CT molecular complexity index is 1240. The lowest BCUT2D eigenvalue weighted by Crippen LogP contribution is -2.41. The second-order valence-corrected chi connectivity index (χ2v) is 9.03. The molecule has 1 amide bonds. The number of quaternary nitrogens is 1. The predicted molar refractivity (Wildman–Crippen MR) is 130 cm³/mol. The summed E-state index contributed by atoms with van der Waals surface area (Å²) in [6, 6.07) is 13.1. The molecule has 0 saturated carbocycles. The molecule has 3 aromatic rings. The van der Waals surface area contributed by atoms with Crippen LogP contribution in [0.5, 0.6) is 0 Å². The molecule has 2 aromatic carbocycles. The average molecular weight is 448 g/mol. The molecule has 1 heterocycles. The molecule has 6 N–H and O–H groups in total. The van der Waals surface area contributed by atoms with Crippen molar-refractivity contribution in [3.8, 4) is 0 Å². The zero-order chi connectivity index (χ0) is 23.5. The lowest BCUT2D eigenvalue weighted by atomic mass is 9.90. The standard InChI is InChI=1S/C27H31FN4O/c1-17(2)27(33)31-21-9-11-26-23(15-21)22-14-19(24(30)7-4-12-29)8-10-25(22)32(26)16-18-5-3-6-20(28)13-18/h3-8,10,12-14,17,21H,9,11,15-16,29-30H2,1-2H3,(H,31,33)/p+1/b12-4-,24-7-. The highest BCUT2D eigenvalue weighted by molar-refractivity contribution is 5.89. The van der Waals surface area contributed by atoms with E-state index < -0.39 is 0 Å². The maximum Gasteiger partial charge on any atom is 0.222 e. The first-order chi connectivity index (χ1) is 15.9. The largest absolute Gasteiger partial charge is 0.398 e. The number of rotatable bonds is 6. The molecule has 5 nitrogen and oxygen atoms in total. The summed E-state index contributed by atoms with van der Waals surface area (Å²) in [4.78, 5) is 12.3. The third-order valence-corrected chi connectivity index (χ3v) is 6.31. The van der Waals surface area contributed by atoms with Gasteiger partial charge in [0.05, 0.1) is 6.20 Å². The molecular weight excluding hydrogens is 415 g/mol. The van der Waals surface area contributed by atoms with Gasteiger partial charge in [0.25, 0.3) is 0 Å². The van der Waals surface area contributed by atoms with Gasteiger partial charge in [-0.3, -0.25) is 4.79 Å². The van der Waals surface area contributed by atoms with Gasteiger partial charge in [-0.05, 0) is 72.4 Å². The van der Waals surface area contributed by atoms with Gasteiger partial charge in [0, 0.05) is 40.8 Å². The van der Waals surface area contributed by atoms with Crippen molar-refractivity contribution in [2.45, 2.75) is 45.7 Å². The van der Waals surface area contributed by atoms with Gasteiger partial charge in [-0.25, -0.2) is 4.39 Å². The van der Waals surface area contributed by atoms with Crippen LogP contribution in [0.3, 0.4) is 0 Å². The molecule has 1 aliphatic rings. The highest BCUT2D eigenvalue weighted by Crippen LogP contribution is 2.34. The smallest absolute Gasteiger partial charge is 0.222 e. The van der Waals surface area contributed by atoms with Gasteiger partial charge >= 0.3 is 0 Å². The predicted octanol–water partition coefficient (Wildman–Crippen LogP) is 3.51. The second kappa shape index (κ2) is 9.63. The van der Waals surface area contributed by atoms with Crippen LogP contribution in [0.2, 0.25) is 0 Å². The van der Waals surface area contributed by atoms with E-state index in [0.29, 0.717) is 12.2 Å². The Morgan fingerprint density at radius 1 is 1.30 bits per heavy atom. The summed E-state index contributed by atoms with van der Waals surface area (Å²) in [7, 11) is 0. The maximum atomic E-state index is 13.9. The van der Waals surface area contributed by atoms with E-state index in [1.54, 1.807) is 18.3 Å². The number of nitrogens with one attached hydrogen (secondary N) is 1. The minimum atomic E-state index is -0.229. The molecule has 0 spiro atoms. The zero-order valence-corrected chi connectivity index (χ0v) is 19.3. The Morgan fingerprint density at radius 3 is 2.85 bits per heavy atom. The first-order valence-electron chi connectivity index (χ1n) is 11.5. The normalized spacial score (nSPS) is 16.5. The average Bonchev–Trinajstić information content (AvgIpc) is 3.09. The van der Waals surface area contributed by atoms with Crippen molar-refractivity contribution in [2.75, 3.05) is 0 Å². The maximum absolute atomic E-state index is 13.9. The van der Waals surface area contributed by atoms with Crippen molar-refractivity contribution in [1.82, 2.24) is 9.88 Å². The number of fused-ring (bicyclic) bond motifs is 3. The van der Waals surface area contributed by atoms with Gasteiger partial charge in [0.1, 0.15) is 5.82 Å². The molecule has 0 bridgehead atoms. The highest BCUT2D eigenvalue weighted by atomic mass is 19.1. The van der Waals surface area contributed by atoms with Gasteiger partial charge in [-0.2, -0.15) is 0 Å². The Hall–Kier alpha value is -3.38. The molecule has 0 aliphatic heterocycles. The highest BCUT2D eigenvalue weighted by Gasteiger charge is 2.27. The van der Waals surface area contributed by atoms with Gasteiger partial charge < -0.3 is 21.4 Å². The zero-order valence-electron chi connectivity index (χ0n) is 19.3. The number of hydrogen-bond acceptors (Lipinski definition) is 2. The van der Waals surface area contributed by atoms with Crippen LogP contribution in [-0.2, 0) is 24.2 Å². The van der Waals surface area contributed by atoms with Gasteiger partial charge in [0.2, 0.25) is 5.91 Å². The van der Waals surface area contributed by atoms with E-state index in [-0.39, 0.29) is 23.7 Å². The molecule has 4 rings (SSSR count). The van der Waals surface area contributed by atoms with Crippen LogP contribution in [-0.4, -0.2) is 16.5 Å². The number of nitrogens with zero attached hydrogens (tertiary/aromatic N) is 1. The number of halogens is 1. The van der Waals surface area contributed by atoms with Crippen molar-refractivity contribution in [1.29, 1.82) is 0 Å². The number of aromatic nitrogens is 1. The van der Waals surface area contributed by atoms with Crippen molar-refractivity contribution >= 4 is 22.5 Å². The van der Waals surface area contributed by atoms with Crippen LogP contribution in [0.15, 0.2) is 60.8 Å². The van der Waals surface area contributed by atoms with Gasteiger partial charge in [0.15, 0.2) is 0 Å². The lowest BCUT2D eigenvalue weighted by Gasteiger charge is -2.26. The molecule has 33 heavy (non-hydrogen) atoms. The monoisotopic (exact) mass is 447 g/mol. The minimum absolute atomic E-state index is 0.0432. The summed E-state index contributed by atoms with van der Waals surface area (Å²) in [5.74, 6) is -0.189. The molecule has 0 radical (unpaired) electrons. The number of carbonyl (C=O) groups excluding carboxylic acids is 1. The fourth-order valence-corrected chi connectivity index (χ4v) is 4.59. The Labute approximate surface area is 194 Å². The quantitative estimate of drug-likeness (QED) is 0.505. The molecule has 172 valence electrons. The summed E-state index contributed by atoms with van der Waals surface area (Å²) in [6.07, 6.45) is 7.87. The van der Waals surface area contributed by atoms with Crippen LogP contribution >= 0.6 is 0 Å². The fraction of sp³-hybridized carbons (Fsp3) is 0.296. The van der Waals surface area contributed by atoms with E-state index >= 15 is 0 Å². The fourth-order valence-electron chi connectivity index (χ4n) is 4.59. The van der Waals surface area contributed by atoms with Crippen molar-refractivity contribution < 1.29 is 14.9 Å². The third-order valence-electron chi connectivity index (χ3n) is 6.31. The van der Waals surface area contributed by atoms with Crippen molar-refractivity contribution in [2.24, 2.45) is 11.7 Å². The van der Waals surface area contributed by atoms with E-state index in [1.807, 2.05) is 38.1 Å². The van der Waals surface area contributed by atoms with E-state index in [9.17, 15) is 9.18 Å². The number of amides is 1. The van der Waals surface area contributed by atoms with Crippen molar-refractivity contribution in [3.05, 3.63) is 89.0 Å². The minimum Gasteiger partial charge on any atom is -0.398 e. The summed E-state index contributed by atoms with van der Waals surface area (Å²) in [5.41, 5.74) is 16.1. The molecule has 6 heteroatoms. The number of benzene rings is 2. The summed E-state index contributed by atoms with van der Waals surface area (Å²) >= 11 is 0. The Kier molecular flexibility index (Phi) is 6.65. The first-order valence-corrected chi connectivity index (χ1v) is 11.5. The molecule has 1 aliphatic carbocycles. The van der Waals surface area contributed by atoms with Crippen LogP contribution < -0.4 is 16.8 Å². The van der Waals surface area contributed by atoms with Gasteiger partial charge in [-0.1, -0.05) is 32.0 Å². The first kappa shape index (κ1) is 22.8. The van der Waals surface area contributed by atoms with Gasteiger partial charge in [-0.15, -0.1) is 0 Å². The van der Waals surface area contributed by atoms with E-state index in [2.05, 4.69) is 27.8 Å². The molecule has 0 saturated heterocycles. The molecule has 1 aromatic heterocycles. The molecule has 0 fully saturated rings. The van der Waals surface area contributed by atoms with Crippen LogP contribution in [0.25, 0.3) is 16.6 Å². The number of hydrogen-bond donors (Lipinski definition) is 3. The van der Waals surface area contributed by atoms with E-state index in [1.165, 1.54) is 17.3 Å². The van der Waals surface area contributed by atoms with E-state index in [4.69, 9.17) is 5.73 Å². The summed E-state index contributed by atoms with van der Waals surface area (Å²) in [6.45, 7) is 4.42. The lowest BCUT2D eigenvalue weighted by molar-refractivity contribution is -0.274. The number of nitrogens with two attached hydrogens (primary N) is 1. The molecule has 1 atom stereocenters. The Morgan fingerprint density at radius 2 is 2.12 bits per heavy atom. The third kappa shape index (κ3) is 4.86. The van der Waals surface area contributed by atoms with E-state index in [0.717, 1.165) is 41.3 Å². The summed E-state index contributed by atoms with van der Waals surface area (Å²) in [5, 5.41) is 4.34. The number of carbonyl (C=O) groups is 1. The van der Waals surface area contributed by atoms with Crippen LogP contribution in [0, 0.1) is 11.7 Å². The van der Waals surface area contributed by atoms with Crippen LogP contribution in [0.1, 0.15) is 42.7 Å². The second-order valence-electron chi connectivity index (χ2n) is 9.03. The SMILES string of the molecule is CC(C)C(=O)NC1CCc2c(c3cc(/C(N)=C/C=C\[NH3+])ccc3n2Cc2cccc(F)c2)C1. The summed E-state index contributed by atoms with van der Waals surface area (Å²) < 4.78 is 16.1. The molecular formula is C27H32FN4O+. The number of allylic oxidation sites excluding steroid dienone is 2. The van der Waals surface area contributed by atoms with Crippen molar-refractivity contribution in [3.63, 3.8) is 0 Å². The topological polar surface area (TPSA) is 87.7 Å². The Balaban J connectivity index is 1.79. The molecule has 1 unspecified atom stereocenters. The van der Waals surface area contributed by atoms with Crippen LogP contribution in [0.4, 0.5) is 4.39 Å².